The molecule has 1 rings (SSSR count). The summed E-state index contributed by atoms with van der Waals surface area (Å²) in [6.45, 7) is 4.59. The molecule has 0 spiro atoms. The topological polar surface area (TPSA) is 0 Å². The molecule has 0 nitrogen and oxygen atoms in total. The van der Waals surface area contributed by atoms with E-state index in [1.165, 1.54) is 25.7 Å². The van der Waals surface area contributed by atoms with E-state index in [-0.39, 0.29) is 0 Å². The van der Waals surface area contributed by atoms with Crippen LogP contribution >= 0.6 is 15.9 Å². The molecule has 2 heteroatoms. The van der Waals surface area contributed by atoms with Crippen LogP contribution in [0.1, 0.15) is 46.0 Å². The molecule has 0 aromatic heterocycles. The molecule has 0 bridgehead atoms. The maximum atomic E-state index is 6.14. The van der Waals surface area contributed by atoms with Gasteiger partial charge in [-0.25, -0.2) is 0 Å². The molecule has 1 aliphatic rings. The maximum absolute atomic E-state index is 6.14. The van der Waals surface area contributed by atoms with E-state index in [1.54, 1.807) is 0 Å². The fourth-order valence-electron chi connectivity index (χ4n) is 1.84. The first-order valence-electron chi connectivity index (χ1n) is 4.92. The molecule has 2 unspecified atom stereocenters. The molecule has 1 saturated carbocycles. The number of hydrogen-bond acceptors (Lipinski definition) is 0. The third-order valence-corrected chi connectivity index (χ3v) is 3.93. The molecule has 1 aliphatic carbocycles. The van der Waals surface area contributed by atoms with Crippen LogP contribution in [-0.4, -0.2) is 12.7 Å². The van der Waals surface area contributed by atoms with Gasteiger partial charge in [0.2, 0.25) is 0 Å². The Hall–Kier alpha value is 0.545. The summed E-state index contributed by atoms with van der Waals surface area (Å²) in [6.07, 6.45) is 6.40. The van der Waals surface area contributed by atoms with Gasteiger partial charge in [-0.3, -0.25) is 0 Å². The van der Waals surface area contributed by atoms with Gasteiger partial charge >= 0.3 is 0 Å². The highest BCUT2D eigenvalue weighted by Crippen LogP contribution is 2.41. The number of halogens is 1. The lowest BCUT2D eigenvalue weighted by atomic mass is 9.62. The van der Waals surface area contributed by atoms with E-state index in [1.807, 2.05) is 0 Å². The van der Waals surface area contributed by atoms with Crippen LogP contribution in [0.4, 0.5) is 0 Å². The van der Waals surface area contributed by atoms with Crippen LogP contribution in [-0.2, 0) is 0 Å². The van der Waals surface area contributed by atoms with Crippen molar-refractivity contribution in [2.24, 2.45) is 5.41 Å². The summed E-state index contributed by atoms with van der Waals surface area (Å²) in [5.41, 5.74) is 0.340. The number of hydrogen-bond donors (Lipinski definition) is 0. The lowest BCUT2D eigenvalue weighted by Crippen LogP contribution is -2.24. The predicted molar refractivity (Wildman–Crippen MR) is 59.1 cm³/mol. The lowest BCUT2D eigenvalue weighted by molar-refractivity contribution is 0.271. The quantitative estimate of drug-likeness (QED) is 0.438. The molecule has 0 N–H and O–H groups in total. The standard InChI is InChI=1S/C10H18BBr/c1-10(2)6-4-3-5-8(12)7-9(10)11/h8-9H,3-7H2,1-2H3. The van der Waals surface area contributed by atoms with E-state index in [4.69, 9.17) is 7.85 Å². The van der Waals surface area contributed by atoms with E-state index in [2.05, 4.69) is 29.8 Å². The summed E-state index contributed by atoms with van der Waals surface area (Å²) in [4.78, 5) is 0.645. The molecule has 12 heavy (non-hydrogen) atoms. The average Bonchev–Trinajstić information content (AvgIpc) is 1.96. The van der Waals surface area contributed by atoms with Crippen LogP contribution in [0, 0.1) is 5.41 Å². The third-order valence-electron chi connectivity index (χ3n) is 3.10. The monoisotopic (exact) mass is 228 g/mol. The van der Waals surface area contributed by atoms with Gasteiger partial charge in [-0.1, -0.05) is 48.4 Å². The van der Waals surface area contributed by atoms with Gasteiger partial charge in [-0.15, -0.1) is 0 Å². The van der Waals surface area contributed by atoms with Crippen LogP contribution in [0.5, 0.6) is 0 Å². The van der Waals surface area contributed by atoms with Crippen LogP contribution in [0.25, 0.3) is 0 Å². The van der Waals surface area contributed by atoms with E-state index in [0.717, 1.165) is 6.42 Å². The summed E-state index contributed by atoms with van der Waals surface area (Å²) in [6, 6.07) is 0. The Morgan fingerprint density at radius 2 is 2.00 bits per heavy atom. The van der Waals surface area contributed by atoms with Crippen molar-refractivity contribution in [1.82, 2.24) is 0 Å². The normalized spacial score (nSPS) is 36.9. The molecule has 0 aliphatic heterocycles. The van der Waals surface area contributed by atoms with Gasteiger partial charge in [0.05, 0.1) is 7.85 Å². The molecule has 0 aromatic rings. The molecule has 0 heterocycles. The Bertz CT molecular complexity index is 145. The highest BCUT2D eigenvalue weighted by atomic mass is 79.9. The van der Waals surface area contributed by atoms with Gasteiger partial charge in [0.25, 0.3) is 0 Å². The van der Waals surface area contributed by atoms with Gasteiger partial charge < -0.3 is 0 Å². The highest BCUT2D eigenvalue weighted by molar-refractivity contribution is 9.09. The molecule has 2 atom stereocenters. The molecule has 0 saturated heterocycles. The minimum Gasteiger partial charge on any atom is -0.0891 e. The first kappa shape index (κ1) is 10.6. The van der Waals surface area contributed by atoms with Gasteiger partial charge in [-0.05, 0) is 24.7 Å². The minimum absolute atomic E-state index is 0.340. The zero-order valence-corrected chi connectivity index (χ0v) is 9.73. The van der Waals surface area contributed by atoms with Crippen LogP contribution in [0.2, 0.25) is 5.82 Å². The molecule has 68 valence electrons. The predicted octanol–water partition coefficient (Wildman–Crippen LogP) is 3.70. The van der Waals surface area contributed by atoms with Gasteiger partial charge in [-0.2, -0.15) is 0 Å². The average molecular weight is 229 g/mol. The summed E-state index contributed by atoms with van der Waals surface area (Å²) in [7, 11) is 6.14. The Kier molecular flexibility index (Phi) is 3.69. The van der Waals surface area contributed by atoms with Crippen molar-refractivity contribution in [3.8, 4) is 0 Å². The molecule has 1 fully saturated rings. The number of alkyl halides is 1. The Morgan fingerprint density at radius 3 is 2.67 bits per heavy atom. The van der Waals surface area contributed by atoms with E-state index >= 15 is 0 Å². The molecular weight excluding hydrogens is 211 g/mol. The largest absolute Gasteiger partial charge is 0.0891 e. The van der Waals surface area contributed by atoms with E-state index < -0.39 is 0 Å². The summed E-state index contributed by atoms with van der Waals surface area (Å²) in [5.74, 6) is 0.363. The molecule has 0 amide bonds. The molecule has 0 aromatic carbocycles. The zero-order valence-electron chi connectivity index (χ0n) is 8.15. The van der Waals surface area contributed by atoms with Crippen molar-refractivity contribution >= 4 is 23.8 Å². The lowest BCUT2D eigenvalue weighted by Gasteiger charge is -2.36. The van der Waals surface area contributed by atoms with E-state index in [9.17, 15) is 0 Å². The van der Waals surface area contributed by atoms with Crippen LogP contribution in [0.3, 0.4) is 0 Å². The third kappa shape index (κ3) is 2.79. The van der Waals surface area contributed by atoms with Crippen LogP contribution < -0.4 is 0 Å². The maximum Gasteiger partial charge on any atom is 0.0707 e. The fourth-order valence-corrected chi connectivity index (χ4v) is 2.57. The van der Waals surface area contributed by atoms with Crippen molar-refractivity contribution in [2.45, 2.75) is 56.6 Å². The second-order valence-corrected chi connectivity index (χ2v) is 5.97. The number of rotatable bonds is 0. The first-order valence-corrected chi connectivity index (χ1v) is 5.83. The SMILES string of the molecule is [B]C1CC(Br)CCCCC1(C)C. The summed E-state index contributed by atoms with van der Waals surface area (Å²) < 4.78 is 0. The smallest absolute Gasteiger partial charge is 0.0707 e. The zero-order chi connectivity index (χ0) is 9.19. The summed E-state index contributed by atoms with van der Waals surface area (Å²) in [5, 5.41) is 0. The Balaban J connectivity index is 2.55. The molecule has 2 radical (unpaired) electrons. The molecular formula is C10H18BBr. The second kappa shape index (κ2) is 4.17. The highest BCUT2D eigenvalue weighted by Gasteiger charge is 2.28. The van der Waals surface area contributed by atoms with E-state index in [0.29, 0.717) is 16.1 Å². The van der Waals surface area contributed by atoms with Crippen molar-refractivity contribution in [1.29, 1.82) is 0 Å². The Labute approximate surface area is 86.0 Å². The van der Waals surface area contributed by atoms with Crippen molar-refractivity contribution in [3.63, 3.8) is 0 Å². The van der Waals surface area contributed by atoms with Crippen molar-refractivity contribution < 1.29 is 0 Å². The van der Waals surface area contributed by atoms with Crippen molar-refractivity contribution in [2.75, 3.05) is 0 Å². The van der Waals surface area contributed by atoms with Gasteiger partial charge in [0.1, 0.15) is 0 Å². The van der Waals surface area contributed by atoms with Gasteiger partial charge in [0.15, 0.2) is 0 Å². The van der Waals surface area contributed by atoms with Crippen LogP contribution in [0.15, 0.2) is 0 Å². The second-order valence-electron chi connectivity index (χ2n) is 4.67. The first-order chi connectivity index (χ1) is 5.52. The minimum atomic E-state index is 0.340. The van der Waals surface area contributed by atoms with Gasteiger partial charge in [0, 0.05) is 4.83 Å². The fraction of sp³-hybridized carbons (Fsp3) is 1.00. The Morgan fingerprint density at radius 1 is 1.33 bits per heavy atom. The van der Waals surface area contributed by atoms with Crippen molar-refractivity contribution in [3.05, 3.63) is 0 Å². The summed E-state index contributed by atoms with van der Waals surface area (Å²) >= 11 is 3.68.